The van der Waals surface area contributed by atoms with E-state index >= 15 is 0 Å². The van der Waals surface area contributed by atoms with Crippen molar-refractivity contribution >= 4 is 21.6 Å². The van der Waals surface area contributed by atoms with Crippen molar-refractivity contribution in [3.05, 3.63) is 70.3 Å². The van der Waals surface area contributed by atoms with Gasteiger partial charge in [0.1, 0.15) is 5.75 Å². The molecule has 29 heavy (non-hydrogen) atoms. The van der Waals surface area contributed by atoms with Crippen LogP contribution in [0.5, 0.6) is 5.75 Å². The first-order chi connectivity index (χ1) is 13.8. The Balaban J connectivity index is 1.58. The van der Waals surface area contributed by atoms with E-state index in [4.69, 9.17) is 20.9 Å². The van der Waals surface area contributed by atoms with Crippen LogP contribution in [-0.4, -0.2) is 36.5 Å². The summed E-state index contributed by atoms with van der Waals surface area (Å²) in [7, 11) is -2.05. The Bertz CT molecular complexity index is 1080. The van der Waals surface area contributed by atoms with Crippen LogP contribution in [0.25, 0.3) is 0 Å². The van der Waals surface area contributed by atoms with Crippen LogP contribution < -0.4 is 4.74 Å². The van der Waals surface area contributed by atoms with Gasteiger partial charge in [-0.3, -0.25) is 0 Å². The fraction of sp³-hybridized carbons (Fsp3) is 0.300. The first kappa shape index (κ1) is 21.3. The van der Waals surface area contributed by atoms with Gasteiger partial charge >= 0.3 is 0 Å². The molecule has 3 rings (SSSR count). The minimum Gasteiger partial charge on any atom is -0.484 e. The maximum atomic E-state index is 12.8. The molecule has 0 saturated heterocycles. The molecule has 0 amide bonds. The van der Waals surface area contributed by atoms with E-state index in [0.29, 0.717) is 39.4 Å². The van der Waals surface area contributed by atoms with Crippen molar-refractivity contribution in [1.82, 2.24) is 14.4 Å². The molecule has 9 heteroatoms. The second-order valence-electron chi connectivity index (χ2n) is 6.69. The van der Waals surface area contributed by atoms with Crippen molar-refractivity contribution in [1.29, 1.82) is 0 Å². The highest BCUT2D eigenvalue weighted by Crippen LogP contribution is 2.21. The number of benzene rings is 2. The minimum absolute atomic E-state index is 0.116. The highest BCUT2D eigenvalue weighted by molar-refractivity contribution is 7.89. The molecule has 2 aromatic carbocycles. The SMILES string of the molecule is Cc1ccc(C)c(S(=O)(=O)N(C)CCc2noc(COc3ccc(Cl)cc3)n2)c1. The fourth-order valence-corrected chi connectivity index (χ4v) is 4.26. The third kappa shape index (κ3) is 5.35. The Morgan fingerprint density at radius 2 is 1.86 bits per heavy atom. The minimum atomic E-state index is -3.59. The van der Waals surface area contributed by atoms with Gasteiger partial charge in [0.05, 0.1) is 4.90 Å². The number of sulfonamides is 1. The van der Waals surface area contributed by atoms with Crippen LogP contribution in [-0.2, 0) is 23.1 Å². The molecule has 1 aromatic heterocycles. The summed E-state index contributed by atoms with van der Waals surface area (Å²) < 4.78 is 37.7. The number of halogens is 1. The highest BCUT2D eigenvalue weighted by Gasteiger charge is 2.23. The van der Waals surface area contributed by atoms with Gasteiger partial charge in [-0.25, -0.2) is 12.7 Å². The standard InChI is InChI=1S/C20H22ClN3O4S/c1-14-4-5-15(2)18(12-14)29(25,26)24(3)11-10-19-22-20(28-23-19)13-27-17-8-6-16(21)7-9-17/h4-9,12H,10-11,13H2,1-3H3. The summed E-state index contributed by atoms with van der Waals surface area (Å²) in [5.41, 5.74) is 1.61. The van der Waals surface area contributed by atoms with Crippen LogP contribution in [0, 0.1) is 13.8 Å². The smallest absolute Gasteiger partial charge is 0.264 e. The number of aryl methyl sites for hydroxylation is 2. The largest absolute Gasteiger partial charge is 0.484 e. The Kier molecular flexibility index (Phi) is 6.56. The van der Waals surface area contributed by atoms with Crippen LogP contribution in [0.1, 0.15) is 22.8 Å². The molecule has 7 nitrogen and oxygen atoms in total. The van der Waals surface area contributed by atoms with Crippen molar-refractivity contribution in [2.75, 3.05) is 13.6 Å². The van der Waals surface area contributed by atoms with E-state index < -0.39 is 10.0 Å². The molecule has 0 saturated carbocycles. The third-order valence-corrected chi connectivity index (χ3v) is 6.62. The first-order valence-electron chi connectivity index (χ1n) is 8.99. The molecule has 0 unspecified atom stereocenters. The van der Waals surface area contributed by atoms with Gasteiger partial charge in [-0.2, -0.15) is 4.98 Å². The monoisotopic (exact) mass is 435 g/mol. The van der Waals surface area contributed by atoms with E-state index in [1.54, 1.807) is 44.3 Å². The van der Waals surface area contributed by atoms with Crippen molar-refractivity contribution in [2.24, 2.45) is 0 Å². The Morgan fingerprint density at radius 1 is 1.14 bits per heavy atom. The molecule has 0 aliphatic carbocycles. The zero-order valence-corrected chi connectivity index (χ0v) is 18.0. The number of rotatable bonds is 8. The average molecular weight is 436 g/mol. The van der Waals surface area contributed by atoms with E-state index in [2.05, 4.69) is 10.1 Å². The molecule has 0 aliphatic heterocycles. The molecule has 0 bridgehead atoms. The Hall–Kier alpha value is -2.42. The number of nitrogens with zero attached hydrogens (tertiary/aromatic N) is 3. The predicted molar refractivity (Wildman–Crippen MR) is 110 cm³/mol. The zero-order valence-electron chi connectivity index (χ0n) is 16.4. The molecule has 0 spiro atoms. The van der Waals surface area contributed by atoms with Gasteiger partial charge in [0.25, 0.3) is 5.89 Å². The molecule has 0 atom stereocenters. The number of hydrogen-bond acceptors (Lipinski definition) is 6. The molecule has 3 aromatic rings. The lowest BCUT2D eigenvalue weighted by Crippen LogP contribution is -2.29. The van der Waals surface area contributed by atoms with Gasteiger partial charge in [0, 0.05) is 25.0 Å². The molecule has 1 heterocycles. The molecule has 154 valence electrons. The zero-order chi connectivity index (χ0) is 21.0. The van der Waals surface area contributed by atoms with Gasteiger partial charge in [0.15, 0.2) is 12.4 Å². The lowest BCUT2D eigenvalue weighted by molar-refractivity contribution is 0.242. The Morgan fingerprint density at radius 3 is 2.59 bits per heavy atom. The third-order valence-electron chi connectivity index (χ3n) is 4.37. The van der Waals surface area contributed by atoms with Crippen LogP contribution in [0.3, 0.4) is 0 Å². The summed E-state index contributed by atoms with van der Waals surface area (Å²) >= 11 is 5.84. The Labute approximate surface area is 175 Å². The van der Waals surface area contributed by atoms with Crippen molar-refractivity contribution in [2.45, 2.75) is 31.8 Å². The maximum absolute atomic E-state index is 12.8. The van der Waals surface area contributed by atoms with Gasteiger partial charge in [-0.1, -0.05) is 28.9 Å². The van der Waals surface area contributed by atoms with Crippen molar-refractivity contribution in [3.8, 4) is 5.75 Å². The quantitative estimate of drug-likeness (QED) is 0.535. The lowest BCUT2D eigenvalue weighted by Gasteiger charge is -2.18. The first-order valence-corrected chi connectivity index (χ1v) is 10.8. The summed E-state index contributed by atoms with van der Waals surface area (Å²) in [6, 6.07) is 12.3. The summed E-state index contributed by atoms with van der Waals surface area (Å²) in [5.74, 6) is 1.37. The number of hydrogen-bond donors (Lipinski definition) is 0. The van der Waals surface area contributed by atoms with Gasteiger partial charge in [-0.05, 0) is 55.3 Å². The van der Waals surface area contributed by atoms with Gasteiger partial charge in [-0.15, -0.1) is 0 Å². The molecule has 0 radical (unpaired) electrons. The maximum Gasteiger partial charge on any atom is 0.264 e. The van der Waals surface area contributed by atoms with Crippen LogP contribution in [0.4, 0.5) is 0 Å². The number of ether oxygens (including phenoxy) is 1. The molecular formula is C20H22ClN3O4S. The van der Waals surface area contributed by atoms with Gasteiger partial charge < -0.3 is 9.26 Å². The molecule has 0 N–H and O–H groups in total. The second-order valence-corrected chi connectivity index (χ2v) is 9.14. The van der Waals surface area contributed by atoms with E-state index in [0.717, 1.165) is 5.56 Å². The van der Waals surface area contributed by atoms with Gasteiger partial charge in [0.2, 0.25) is 10.0 Å². The normalized spacial score (nSPS) is 11.8. The molecular weight excluding hydrogens is 414 g/mol. The van der Waals surface area contributed by atoms with Crippen LogP contribution in [0.15, 0.2) is 51.9 Å². The lowest BCUT2D eigenvalue weighted by atomic mass is 10.2. The second kappa shape index (κ2) is 8.94. The summed E-state index contributed by atoms with van der Waals surface area (Å²) in [5, 5.41) is 4.51. The van der Waals surface area contributed by atoms with Crippen molar-refractivity contribution < 1.29 is 17.7 Å². The predicted octanol–water partition coefficient (Wildman–Crippen LogP) is 3.78. The van der Waals surface area contributed by atoms with E-state index in [-0.39, 0.29) is 13.2 Å². The van der Waals surface area contributed by atoms with Crippen LogP contribution >= 0.6 is 11.6 Å². The molecule has 0 fully saturated rings. The van der Waals surface area contributed by atoms with Crippen molar-refractivity contribution in [3.63, 3.8) is 0 Å². The molecule has 0 aliphatic rings. The van der Waals surface area contributed by atoms with Crippen LogP contribution in [0.2, 0.25) is 5.02 Å². The fourth-order valence-electron chi connectivity index (χ4n) is 2.66. The van der Waals surface area contributed by atoms with E-state index in [1.165, 1.54) is 4.31 Å². The summed E-state index contributed by atoms with van der Waals surface area (Å²) in [6.45, 7) is 4.00. The van der Waals surface area contributed by atoms with E-state index in [1.807, 2.05) is 19.1 Å². The topological polar surface area (TPSA) is 85.5 Å². The number of likely N-dealkylation sites (N-methyl/N-ethyl adjacent to an activating group) is 1. The summed E-state index contributed by atoms with van der Waals surface area (Å²) in [4.78, 5) is 4.56. The highest BCUT2D eigenvalue weighted by atomic mass is 35.5. The average Bonchev–Trinajstić information content (AvgIpc) is 3.15. The summed E-state index contributed by atoms with van der Waals surface area (Å²) in [6.07, 6.45) is 0.324. The van der Waals surface area contributed by atoms with E-state index in [9.17, 15) is 8.42 Å². The number of aromatic nitrogens is 2.